The predicted molar refractivity (Wildman–Crippen MR) is 193 cm³/mol. The fraction of sp³-hybridized carbons (Fsp3) is 0.514. The van der Waals surface area contributed by atoms with Crippen molar-refractivity contribution in [2.24, 2.45) is 10.8 Å². The average Bonchev–Trinajstić information content (AvgIpc) is 2.85. The van der Waals surface area contributed by atoms with Gasteiger partial charge in [0, 0.05) is 22.4 Å². The molecule has 0 aliphatic rings. The lowest BCUT2D eigenvalue weighted by molar-refractivity contribution is -0.285. The van der Waals surface area contributed by atoms with Crippen LogP contribution in [0.15, 0.2) is 83.1 Å². The van der Waals surface area contributed by atoms with Crippen molar-refractivity contribution in [1.82, 2.24) is 0 Å². The Morgan fingerprint density at radius 1 is 0.952 bits per heavy atom. The molecule has 4 nitrogen and oxygen atoms in total. The summed E-state index contributed by atoms with van der Waals surface area (Å²) in [5, 5.41) is 2.00. The summed E-state index contributed by atoms with van der Waals surface area (Å²) in [5.41, 5.74) is 3.38. The zero-order valence-electron chi connectivity index (χ0n) is 28.7. The predicted octanol–water partition coefficient (Wildman–Crippen LogP) is 12.2. The van der Waals surface area contributed by atoms with Crippen LogP contribution in [0.25, 0.3) is 0 Å². The number of carbonyl (C=O) groups excluding carboxylic acids is 1. The minimum Gasteiger partial charge on any atom is -0.315 e. The number of hydrogen-bond acceptors (Lipinski definition) is 6. The van der Waals surface area contributed by atoms with Crippen molar-refractivity contribution in [3.05, 3.63) is 94.3 Å². The molecule has 0 aliphatic carbocycles. The van der Waals surface area contributed by atoms with E-state index in [9.17, 15) is 4.79 Å². The first kappa shape index (κ1) is 47.4. The second-order valence-corrected chi connectivity index (χ2v) is 14.0. The average molecular weight is 643 g/mol. The lowest BCUT2D eigenvalue weighted by Crippen LogP contribution is -2.13. The van der Waals surface area contributed by atoms with E-state index in [1.807, 2.05) is 39.2 Å². The summed E-state index contributed by atoms with van der Waals surface area (Å²) in [6, 6.07) is 7.35. The van der Waals surface area contributed by atoms with Crippen molar-refractivity contribution >= 4 is 41.2 Å². The van der Waals surface area contributed by atoms with E-state index >= 15 is 0 Å². The van der Waals surface area contributed by atoms with Gasteiger partial charge in [0.15, 0.2) is 5.78 Å². The summed E-state index contributed by atoms with van der Waals surface area (Å²) in [6.07, 6.45) is 4.84. The van der Waals surface area contributed by atoms with Crippen molar-refractivity contribution < 1.29 is 18.8 Å². The lowest BCUT2D eigenvalue weighted by Gasteiger charge is -2.15. The molecule has 0 saturated carbocycles. The number of benzene rings is 1. The minimum atomic E-state index is -0.131. The summed E-state index contributed by atoms with van der Waals surface area (Å²) >= 11 is 8.82. The zero-order chi connectivity index (χ0) is 33.9. The van der Waals surface area contributed by atoms with E-state index in [0.717, 1.165) is 22.6 Å². The normalized spacial score (nSPS) is 10.6. The van der Waals surface area contributed by atoms with Crippen LogP contribution in [0.3, 0.4) is 0 Å². The fourth-order valence-corrected chi connectivity index (χ4v) is 2.88. The highest BCUT2D eigenvalue weighted by atomic mass is 35.5. The number of allylic oxidation sites excluding steroid dienone is 5. The van der Waals surface area contributed by atoms with Crippen molar-refractivity contribution in [1.29, 1.82) is 0 Å². The first-order valence-corrected chi connectivity index (χ1v) is 16.2. The third kappa shape index (κ3) is 38.5. The van der Waals surface area contributed by atoms with E-state index in [2.05, 4.69) is 86.6 Å². The molecular weight excluding hydrogens is 584 g/mol. The van der Waals surface area contributed by atoms with Crippen LogP contribution in [0.4, 0.5) is 0 Å². The van der Waals surface area contributed by atoms with Crippen LogP contribution in [0, 0.1) is 17.8 Å². The number of hydrogen-bond donors (Lipinski definition) is 0. The fourth-order valence-electron chi connectivity index (χ4n) is 1.99. The SMILES string of the molecule is C=C(C)/C=C(\C(=C)Cl)C(=O)c1ccc(C)cc1.C=CSC(=C)C.CCC.COOCC(C)(C)C.CSOCC(C)(C)C. The van der Waals surface area contributed by atoms with Gasteiger partial charge in [0.05, 0.1) is 20.3 Å². The molecule has 7 heteroatoms. The molecule has 0 N–H and O–H groups in total. The van der Waals surface area contributed by atoms with Gasteiger partial charge >= 0.3 is 0 Å². The molecule has 1 aromatic rings. The van der Waals surface area contributed by atoms with Crippen LogP contribution in [0.5, 0.6) is 0 Å². The number of halogens is 1. The number of thioether (sulfide) groups is 1. The maximum atomic E-state index is 12.2. The van der Waals surface area contributed by atoms with Crippen molar-refractivity contribution in [2.45, 2.75) is 82.6 Å². The van der Waals surface area contributed by atoms with Gasteiger partial charge in [-0.2, -0.15) is 0 Å². The van der Waals surface area contributed by atoms with Gasteiger partial charge in [0.1, 0.15) is 0 Å². The van der Waals surface area contributed by atoms with Crippen LogP contribution in [0.1, 0.15) is 91.6 Å². The molecule has 242 valence electrons. The summed E-state index contributed by atoms with van der Waals surface area (Å²) in [7, 11) is 1.52. The third-order valence-corrected chi connectivity index (χ3v) is 4.87. The first-order valence-electron chi connectivity index (χ1n) is 13.8. The number of ketones is 1. The number of carbonyl (C=O) groups is 1. The van der Waals surface area contributed by atoms with E-state index in [1.165, 1.54) is 25.6 Å². The minimum absolute atomic E-state index is 0.131. The van der Waals surface area contributed by atoms with E-state index in [0.29, 0.717) is 23.2 Å². The Morgan fingerprint density at radius 3 is 1.62 bits per heavy atom. The monoisotopic (exact) mass is 642 g/mol. The van der Waals surface area contributed by atoms with E-state index in [-0.39, 0.29) is 16.2 Å². The molecule has 0 fully saturated rings. The van der Waals surface area contributed by atoms with E-state index in [1.54, 1.807) is 35.4 Å². The maximum Gasteiger partial charge on any atom is 0.194 e. The molecule has 0 amide bonds. The van der Waals surface area contributed by atoms with Gasteiger partial charge in [-0.05, 0) is 60.0 Å². The quantitative estimate of drug-likeness (QED) is 0.0631. The highest BCUT2D eigenvalue weighted by Gasteiger charge is 2.14. The Morgan fingerprint density at radius 2 is 1.40 bits per heavy atom. The van der Waals surface area contributed by atoms with Crippen molar-refractivity contribution in [3.8, 4) is 0 Å². The number of aryl methyl sites for hydroxylation is 1. The summed E-state index contributed by atoms with van der Waals surface area (Å²) in [5.74, 6) is -0.131. The van der Waals surface area contributed by atoms with E-state index < -0.39 is 0 Å². The van der Waals surface area contributed by atoms with Gasteiger partial charge in [-0.1, -0.05) is 135 Å². The Hall–Kier alpha value is -1.54. The number of Topliss-reactive ketones (excluding diaryl/α,β-unsaturated/α-hetero) is 1. The molecule has 0 aromatic heterocycles. The summed E-state index contributed by atoms with van der Waals surface area (Å²) in [6.45, 7) is 38.7. The van der Waals surface area contributed by atoms with Crippen LogP contribution in [-0.4, -0.2) is 32.4 Å². The Kier molecular flexibility index (Phi) is 31.9. The second-order valence-electron chi connectivity index (χ2n) is 11.7. The molecule has 0 radical (unpaired) electrons. The molecule has 0 unspecified atom stereocenters. The van der Waals surface area contributed by atoms with Gasteiger partial charge in [-0.25, -0.2) is 9.78 Å². The third-order valence-electron chi connectivity index (χ3n) is 3.75. The van der Waals surface area contributed by atoms with Gasteiger partial charge < -0.3 is 4.18 Å². The topological polar surface area (TPSA) is 44.8 Å². The Labute approximate surface area is 273 Å². The molecule has 0 spiro atoms. The summed E-state index contributed by atoms with van der Waals surface area (Å²) < 4.78 is 5.11. The lowest BCUT2D eigenvalue weighted by atomic mass is 9.99. The van der Waals surface area contributed by atoms with Crippen molar-refractivity contribution in [3.63, 3.8) is 0 Å². The zero-order valence-corrected chi connectivity index (χ0v) is 31.1. The van der Waals surface area contributed by atoms with Gasteiger partial charge in [-0.3, -0.25) is 4.79 Å². The molecule has 0 bridgehead atoms. The van der Waals surface area contributed by atoms with Crippen LogP contribution < -0.4 is 0 Å². The molecule has 0 aliphatic heterocycles. The molecule has 42 heavy (non-hydrogen) atoms. The molecule has 1 aromatic carbocycles. The Bertz CT molecular complexity index is 904. The van der Waals surface area contributed by atoms with Gasteiger partial charge in [-0.15, -0.1) is 11.8 Å². The molecule has 1 rings (SSSR count). The first-order chi connectivity index (χ1) is 19.2. The van der Waals surface area contributed by atoms with Crippen LogP contribution in [-0.2, 0) is 14.0 Å². The smallest absolute Gasteiger partial charge is 0.194 e. The Balaban J connectivity index is -0.000000244. The van der Waals surface area contributed by atoms with Crippen LogP contribution >= 0.6 is 35.4 Å². The number of rotatable bonds is 10. The standard InChI is InChI=1S/C15H15ClO.C6H14O2.C6H14OS.C5H8S.C3H8/c1-10(2)9-14(12(4)16)15(17)13-7-5-11(3)6-8-13;1-6(2,3)5-8-7-4;1-6(2,3)5-7-8-4;1-4-6-5(2)3;1-3-2/h5-9H,1,4H2,2-3H3;2*5H2,1-4H3;4H,1-2H2,3H3;3H2,1-2H3/b14-9+;;;;. The molecule has 0 atom stereocenters. The molecule has 0 heterocycles. The van der Waals surface area contributed by atoms with Crippen LogP contribution in [0.2, 0.25) is 0 Å². The largest absolute Gasteiger partial charge is 0.315 e. The van der Waals surface area contributed by atoms with Gasteiger partial charge in [0.2, 0.25) is 0 Å². The second kappa shape index (κ2) is 28.2. The summed E-state index contributed by atoms with van der Waals surface area (Å²) in [4.78, 5) is 22.4. The maximum absolute atomic E-state index is 12.2. The highest BCUT2D eigenvalue weighted by Crippen LogP contribution is 2.20. The molecule has 0 saturated heterocycles. The van der Waals surface area contributed by atoms with Gasteiger partial charge in [0.25, 0.3) is 0 Å². The highest BCUT2D eigenvalue weighted by molar-refractivity contribution is 8.05. The van der Waals surface area contributed by atoms with Crippen molar-refractivity contribution in [2.75, 3.05) is 26.6 Å². The van der Waals surface area contributed by atoms with E-state index in [4.69, 9.17) is 20.7 Å². The molecular formula is C35H59ClO4S2.